The lowest BCUT2D eigenvalue weighted by Gasteiger charge is -2.24. The Morgan fingerprint density at radius 3 is 0.911 bits per heavy atom. The van der Waals surface area contributed by atoms with Crippen LogP contribution in [0.2, 0.25) is 0 Å². The van der Waals surface area contributed by atoms with Gasteiger partial charge in [-0.1, -0.05) is 48.5 Å². The molecule has 4 N–H and O–H groups in total. The summed E-state index contributed by atoms with van der Waals surface area (Å²) in [6, 6.07) is 32.7. The van der Waals surface area contributed by atoms with Crippen LogP contribution in [0.15, 0.2) is 97.1 Å². The number of hydrogen-bond acceptors (Lipinski definition) is 6. The molecule has 0 aliphatic rings. The van der Waals surface area contributed by atoms with Gasteiger partial charge in [0.2, 0.25) is 0 Å². The zero-order chi connectivity index (χ0) is 30.0. The number of nitrogens with one attached hydrogen (secondary N) is 4. The van der Waals surface area contributed by atoms with E-state index in [2.05, 4.69) is 54.0 Å². The average Bonchev–Trinajstić information content (AvgIpc) is 3.84. The zero-order valence-corrected chi connectivity index (χ0v) is 24.9. The number of aromatic nitrogens is 8. The maximum atomic E-state index is 4.87. The van der Waals surface area contributed by atoms with E-state index in [0.717, 1.165) is 86.9 Å². The average molecular weight is 595 g/mol. The summed E-state index contributed by atoms with van der Waals surface area (Å²) in [5.41, 5.74) is 8.16. The summed E-state index contributed by atoms with van der Waals surface area (Å²) >= 11 is 0. The number of rotatable bonds is 12. The summed E-state index contributed by atoms with van der Waals surface area (Å²) in [4.78, 5) is 38.3. The first-order valence-electron chi connectivity index (χ1n) is 15.4. The molecular weight excluding hydrogens is 560 g/mol. The summed E-state index contributed by atoms with van der Waals surface area (Å²) in [5, 5.41) is 0. The Hall–Kier alpha value is -5.32. The van der Waals surface area contributed by atoms with Crippen molar-refractivity contribution in [3.63, 3.8) is 0 Å². The Kier molecular flexibility index (Phi) is 7.26. The quantitative estimate of drug-likeness (QED) is 0.132. The van der Waals surface area contributed by atoms with Crippen LogP contribution in [0.1, 0.15) is 29.7 Å². The standard InChI is InChI=1S/C35H34N10/c1-2-11-25-24(10-1)36-32(37-25)20-44(21-33-38-26-12-3-4-13-27(26)39-33)18-9-19-45(22-34-40-28-14-5-6-15-29(28)41-34)23-35-42-30-16-7-8-17-31(30)43-35/h1-8,10-17H,9,18-23H2,(H,36,37)(H,38,39)(H,40,41)(H,42,43). The zero-order valence-electron chi connectivity index (χ0n) is 24.9. The fourth-order valence-electron chi connectivity index (χ4n) is 6.12. The van der Waals surface area contributed by atoms with Gasteiger partial charge in [0.05, 0.1) is 70.3 Å². The highest BCUT2D eigenvalue weighted by molar-refractivity contribution is 5.76. The lowest BCUT2D eigenvalue weighted by molar-refractivity contribution is 0.198. The SMILES string of the molecule is c1ccc2[nH]c(CN(CCCN(Cc3nc4ccccc4[nH]3)Cc3nc4ccccc4[nH]3)Cc3nc4ccccc4[nH]3)nc2c1. The molecule has 0 unspecified atom stereocenters. The maximum absolute atomic E-state index is 4.87. The molecule has 224 valence electrons. The van der Waals surface area contributed by atoms with E-state index in [4.69, 9.17) is 19.9 Å². The number of aromatic amines is 4. The summed E-state index contributed by atoms with van der Waals surface area (Å²) < 4.78 is 0. The van der Waals surface area contributed by atoms with Gasteiger partial charge in [-0.3, -0.25) is 9.80 Å². The molecule has 8 rings (SSSR count). The van der Waals surface area contributed by atoms with Crippen molar-refractivity contribution < 1.29 is 0 Å². The van der Waals surface area contributed by atoms with Crippen LogP contribution < -0.4 is 0 Å². The van der Waals surface area contributed by atoms with Gasteiger partial charge >= 0.3 is 0 Å². The molecule has 0 fully saturated rings. The van der Waals surface area contributed by atoms with Crippen molar-refractivity contribution in [2.24, 2.45) is 0 Å². The minimum Gasteiger partial charge on any atom is -0.341 e. The van der Waals surface area contributed by atoms with Gasteiger partial charge in [-0.25, -0.2) is 19.9 Å². The van der Waals surface area contributed by atoms with Crippen LogP contribution in [0.5, 0.6) is 0 Å². The molecule has 10 nitrogen and oxygen atoms in total. The van der Waals surface area contributed by atoms with Crippen molar-refractivity contribution in [2.75, 3.05) is 13.1 Å². The van der Waals surface area contributed by atoms with Crippen LogP contribution in [0.3, 0.4) is 0 Å². The highest BCUT2D eigenvalue weighted by Gasteiger charge is 2.17. The van der Waals surface area contributed by atoms with Crippen molar-refractivity contribution in [1.82, 2.24) is 49.7 Å². The minimum absolute atomic E-state index is 0.693. The summed E-state index contributed by atoms with van der Waals surface area (Å²) in [7, 11) is 0. The Labute approximate surface area is 259 Å². The first kappa shape index (κ1) is 27.2. The molecule has 0 saturated heterocycles. The first-order valence-corrected chi connectivity index (χ1v) is 15.4. The number of H-pyrrole nitrogens is 4. The third-order valence-corrected chi connectivity index (χ3v) is 8.20. The molecule has 0 aliphatic heterocycles. The molecule has 0 aliphatic carbocycles. The second kappa shape index (κ2) is 12.0. The normalized spacial score (nSPS) is 12.1. The third kappa shape index (κ3) is 6.06. The molecule has 0 amide bonds. The van der Waals surface area contributed by atoms with Crippen LogP contribution in [-0.4, -0.2) is 62.8 Å². The van der Waals surface area contributed by atoms with E-state index in [-0.39, 0.29) is 0 Å². The van der Waals surface area contributed by atoms with E-state index in [1.807, 2.05) is 72.8 Å². The number of nitrogens with zero attached hydrogens (tertiary/aromatic N) is 6. The largest absolute Gasteiger partial charge is 0.341 e. The van der Waals surface area contributed by atoms with E-state index < -0.39 is 0 Å². The molecule has 8 aromatic rings. The second-order valence-electron chi connectivity index (χ2n) is 11.6. The predicted octanol–water partition coefficient (Wildman–Crippen LogP) is 6.29. The van der Waals surface area contributed by atoms with Crippen molar-refractivity contribution in [1.29, 1.82) is 0 Å². The van der Waals surface area contributed by atoms with Gasteiger partial charge in [-0.15, -0.1) is 0 Å². The molecule has 0 spiro atoms. The van der Waals surface area contributed by atoms with Gasteiger partial charge in [0.15, 0.2) is 0 Å². The minimum atomic E-state index is 0.693. The molecule has 4 heterocycles. The highest BCUT2D eigenvalue weighted by atomic mass is 15.2. The molecule has 45 heavy (non-hydrogen) atoms. The molecule has 4 aromatic heterocycles. The van der Waals surface area contributed by atoms with Crippen molar-refractivity contribution >= 4 is 44.1 Å². The number of hydrogen-bond donors (Lipinski definition) is 4. The van der Waals surface area contributed by atoms with E-state index >= 15 is 0 Å². The van der Waals surface area contributed by atoms with Crippen molar-refractivity contribution in [2.45, 2.75) is 32.6 Å². The molecular formula is C35H34N10. The maximum Gasteiger partial charge on any atom is 0.121 e. The first-order chi connectivity index (χ1) is 22.2. The van der Waals surface area contributed by atoms with Crippen LogP contribution in [-0.2, 0) is 26.2 Å². The molecule has 10 heteroatoms. The van der Waals surface area contributed by atoms with Gasteiger partial charge in [-0.05, 0) is 55.0 Å². The lowest BCUT2D eigenvalue weighted by Crippen LogP contribution is -2.30. The lowest BCUT2D eigenvalue weighted by atomic mass is 10.3. The van der Waals surface area contributed by atoms with Gasteiger partial charge in [0.1, 0.15) is 23.3 Å². The van der Waals surface area contributed by atoms with Crippen LogP contribution in [0.4, 0.5) is 0 Å². The topological polar surface area (TPSA) is 121 Å². The molecule has 0 atom stereocenters. The highest BCUT2D eigenvalue weighted by Crippen LogP contribution is 2.18. The van der Waals surface area contributed by atoms with Gasteiger partial charge in [0.25, 0.3) is 0 Å². The summed E-state index contributed by atoms with van der Waals surface area (Å²) in [6.45, 7) is 4.51. The van der Waals surface area contributed by atoms with Crippen molar-refractivity contribution in [3.8, 4) is 0 Å². The summed E-state index contributed by atoms with van der Waals surface area (Å²) in [6.07, 6.45) is 0.945. The van der Waals surface area contributed by atoms with Crippen LogP contribution in [0.25, 0.3) is 44.1 Å². The Bertz CT molecular complexity index is 1760. The molecule has 0 saturated carbocycles. The number of imidazole rings is 4. The Balaban J connectivity index is 1.02. The predicted molar refractivity (Wildman–Crippen MR) is 177 cm³/mol. The van der Waals surface area contributed by atoms with Crippen LogP contribution in [0, 0.1) is 0 Å². The van der Waals surface area contributed by atoms with Crippen LogP contribution >= 0.6 is 0 Å². The van der Waals surface area contributed by atoms with E-state index in [0.29, 0.717) is 26.2 Å². The van der Waals surface area contributed by atoms with Gasteiger partial charge in [-0.2, -0.15) is 0 Å². The monoisotopic (exact) mass is 594 g/mol. The van der Waals surface area contributed by atoms with E-state index in [9.17, 15) is 0 Å². The molecule has 0 radical (unpaired) electrons. The molecule has 4 aromatic carbocycles. The number of fused-ring (bicyclic) bond motifs is 4. The van der Waals surface area contributed by atoms with E-state index in [1.165, 1.54) is 0 Å². The smallest absolute Gasteiger partial charge is 0.121 e. The van der Waals surface area contributed by atoms with E-state index in [1.54, 1.807) is 0 Å². The Morgan fingerprint density at radius 2 is 0.644 bits per heavy atom. The van der Waals surface area contributed by atoms with Gasteiger partial charge < -0.3 is 19.9 Å². The summed E-state index contributed by atoms with van der Waals surface area (Å²) in [5.74, 6) is 3.81. The third-order valence-electron chi connectivity index (χ3n) is 8.20. The second-order valence-corrected chi connectivity index (χ2v) is 11.6. The van der Waals surface area contributed by atoms with Crippen molar-refractivity contribution in [3.05, 3.63) is 120 Å². The van der Waals surface area contributed by atoms with Gasteiger partial charge in [0, 0.05) is 13.1 Å². The number of para-hydroxylation sites is 8. The fourth-order valence-corrected chi connectivity index (χ4v) is 6.12. The Morgan fingerprint density at radius 1 is 0.378 bits per heavy atom. The fraction of sp³-hybridized carbons (Fsp3) is 0.200. The number of benzene rings is 4. The molecule has 0 bridgehead atoms.